The molecule has 5 aromatic heterocycles. The lowest BCUT2D eigenvalue weighted by molar-refractivity contribution is 0.668. The SMILES string of the molecule is [2H]c1c([2H])c([2H])c2c(oc3c2c([2H])c([2H])c2c4c([2H])c([2H])c([2H])c([2H])c4n(-c4nc(-c5cccc6c5oc5ccccc56)nc(-c5cccc6oc7ccccc7c56)n4)c32)c1[2H]. The van der Waals surface area contributed by atoms with Crippen LogP contribution in [0.15, 0.2) is 159 Å². The van der Waals surface area contributed by atoms with E-state index in [-0.39, 0.29) is 61.3 Å². The number of aromatic nitrogens is 4. The molecule has 7 nitrogen and oxygen atoms in total. The Labute approximate surface area is 308 Å². The summed E-state index contributed by atoms with van der Waals surface area (Å²) >= 11 is 0. The minimum Gasteiger partial charge on any atom is -0.456 e. The highest BCUT2D eigenvalue weighted by Crippen LogP contribution is 2.42. The second-order valence-corrected chi connectivity index (χ2v) is 12.4. The molecule has 0 unspecified atom stereocenters. The largest absolute Gasteiger partial charge is 0.456 e. The zero-order valence-corrected chi connectivity index (χ0v) is 26.6. The molecular formula is C45H24N4O3. The smallest absolute Gasteiger partial charge is 0.238 e. The Hall–Kier alpha value is -7.25. The summed E-state index contributed by atoms with van der Waals surface area (Å²) in [5, 5.41) is 2.70. The number of furan rings is 3. The normalized spacial score (nSPS) is 14.9. The maximum absolute atomic E-state index is 9.44. The van der Waals surface area contributed by atoms with Gasteiger partial charge in [0.05, 0.1) is 24.8 Å². The van der Waals surface area contributed by atoms with Gasteiger partial charge in [-0.1, -0.05) is 103 Å². The molecule has 0 spiro atoms. The Morgan fingerprint density at radius 1 is 0.442 bits per heavy atom. The standard InChI is InChI=1S/C45H24N4O3/c1-5-18-34-25(11-1)28-23-24-30-27-13-3-7-20-36(27)52-42(30)40(28)49(34)45-47-43(32-16-10-22-38-39(32)31-14-4-8-21-37(31)50-38)46-44(48-45)33-17-9-15-29-26-12-2-6-19-35(26)51-41(29)33/h1-24H/i1D,3D,5D,7D,11D,13D,18D,20D,23D,24D. The molecule has 242 valence electrons. The molecule has 0 aliphatic heterocycles. The van der Waals surface area contributed by atoms with E-state index in [2.05, 4.69) is 0 Å². The van der Waals surface area contributed by atoms with Crippen LogP contribution >= 0.6 is 0 Å². The summed E-state index contributed by atoms with van der Waals surface area (Å²) in [4.78, 5) is 15.2. The Bertz CT molecular complexity index is 4020. The van der Waals surface area contributed by atoms with Crippen molar-refractivity contribution in [3.63, 3.8) is 0 Å². The number of rotatable bonds is 3. The van der Waals surface area contributed by atoms with Gasteiger partial charge in [0.15, 0.2) is 17.2 Å². The third-order valence-corrected chi connectivity index (χ3v) is 9.58. The van der Waals surface area contributed by atoms with Gasteiger partial charge in [0.1, 0.15) is 33.4 Å². The van der Waals surface area contributed by atoms with Gasteiger partial charge < -0.3 is 13.3 Å². The van der Waals surface area contributed by atoms with Crippen LogP contribution in [-0.4, -0.2) is 19.5 Å². The van der Waals surface area contributed by atoms with Gasteiger partial charge in [-0.2, -0.15) is 9.97 Å². The van der Waals surface area contributed by atoms with Crippen LogP contribution in [0, 0.1) is 0 Å². The fourth-order valence-electron chi connectivity index (χ4n) is 7.35. The number of hydrogen-bond acceptors (Lipinski definition) is 6. The maximum Gasteiger partial charge on any atom is 0.238 e. The van der Waals surface area contributed by atoms with E-state index in [1.165, 1.54) is 4.57 Å². The molecule has 0 fully saturated rings. The second kappa shape index (κ2) is 10.2. The molecule has 7 aromatic carbocycles. The molecule has 0 radical (unpaired) electrons. The molecule has 52 heavy (non-hydrogen) atoms. The van der Waals surface area contributed by atoms with Crippen molar-refractivity contribution >= 4 is 87.6 Å². The summed E-state index contributed by atoms with van der Waals surface area (Å²) in [7, 11) is 0. The molecular weight excluding hydrogens is 645 g/mol. The molecule has 7 heteroatoms. The highest BCUT2D eigenvalue weighted by molar-refractivity contribution is 6.21. The molecule has 12 aromatic rings. The molecule has 0 N–H and O–H groups in total. The fourth-order valence-corrected chi connectivity index (χ4v) is 7.35. The van der Waals surface area contributed by atoms with Crippen molar-refractivity contribution in [3.8, 4) is 28.7 Å². The summed E-state index contributed by atoms with van der Waals surface area (Å²) in [6.07, 6.45) is 0. The van der Waals surface area contributed by atoms with Crippen molar-refractivity contribution in [2.24, 2.45) is 0 Å². The Kier molecular flexibility index (Phi) is 3.87. The molecule has 12 rings (SSSR count). The van der Waals surface area contributed by atoms with E-state index < -0.39 is 60.4 Å². The summed E-state index contributed by atoms with van der Waals surface area (Å²) < 4.78 is 110. The van der Waals surface area contributed by atoms with Gasteiger partial charge in [0.2, 0.25) is 5.95 Å². The van der Waals surface area contributed by atoms with Crippen LogP contribution in [0.1, 0.15) is 13.7 Å². The highest BCUT2D eigenvalue weighted by atomic mass is 16.3. The fraction of sp³-hybridized carbons (Fsp3) is 0. The molecule has 0 amide bonds. The number of para-hydroxylation sites is 5. The van der Waals surface area contributed by atoms with Crippen molar-refractivity contribution < 1.29 is 27.0 Å². The van der Waals surface area contributed by atoms with E-state index in [0.717, 1.165) is 16.2 Å². The molecule has 0 aliphatic carbocycles. The topological polar surface area (TPSA) is 83.0 Å². The van der Waals surface area contributed by atoms with Crippen LogP contribution in [-0.2, 0) is 0 Å². The first-order valence-electron chi connectivity index (χ1n) is 21.4. The van der Waals surface area contributed by atoms with Crippen LogP contribution in [0.3, 0.4) is 0 Å². The number of benzene rings is 7. The van der Waals surface area contributed by atoms with Crippen molar-refractivity contribution in [1.29, 1.82) is 0 Å². The third-order valence-electron chi connectivity index (χ3n) is 9.58. The van der Waals surface area contributed by atoms with Gasteiger partial charge in [-0.25, -0.2) is 4.98 Å². The number of hydrogen-bond donors (Lipinski definition) is 0. The van der Waals surface area contributed by atoms with Crippen LogP contribution in [0.5, 0.6) is 0 Å². The van der Waals surface area contributed by atoms with Gasteiger partial charge in [-0.05, 0) is 42.4 Å². The average Bonchev–Trinajstić information content (AvgIpc) is 4.07. The molecule has 0 saturated heterocycles. The van der Waals surface area contributed by atoms with E-state index >= 15 is 0 Å². The van der Waals surface area contributed by atoms with Gasteiger partial charge >= 0.3 is 0 Å². The van der Waals surface area contributed by atoms with E-state index in [1.807, 2.05) is 72.8 Å². The van der Waals surface area contributed by atoms with E-state index in [0.29, 0.717) is 38.8 Å². The maximum atomic E-state index is 9.44. The van der Waals surface area contributed by atoms with Crippen molar-refractivity contribution in [2.75, 3.05) is 0 Å². The first kappa shape index (κ1) is 19.8. The van der Waals surface area contributed by atoms with Crippen LogP contribution < -0.4 is 0 Å². The average molecular weight is 679 g/mol. The van der Waals surface area contributed by atoms with Gasteiger partial charge in [0.25, 0.3) is 0 Å². The summed E-state index contributed by atoms with van der Waals surface area (Å²) in [5.41, 5.74) is 2.70. The predicted molar refractivity (Wildman–Crippen MR) is 207 cm³/mol. The van der Waals surface area contributed by atoms with Crippen molar-refractivity contribution in [1.82, 2.24) is 19.5 Å². The Morgan fingerprint density at radius 3 is 2.00 bits per heavy atom. The monoisotopic (exact) mass is 678 g/mol. The van der Waals surface area contributed by atoms with E-state index in [4.69, 9.17) is 36.4 Å². The lowest BCUT2D eigenvalue weighted by Gasteiger charge is -2.11. The summed E-state index contributed by atoms with van der Waals surface area (Å²) in [6, 6.07) is 21.0. The Morgan fingerprint density at radius 2 is 1.10 bits per heavy atom. The summed E-state index contributed by atoms with van der Waals surface area (Å²) in [5.74, 6) is 0.111. The minimum atomic E-state index is -0.583. The van der Waals surface area contributed by atoms with Crippen LogP contribution in [0.4, 0.5) is 0 Å². The third kappa shape index (κ3) is 3.71. The quantitative estimate of drug-likeness (QED) is 0.185. The number of nitrogens with zero attached hydrogens (tertiary/aromatic N) is 4. The lowest BCUT2D eigenvalue weighted by atomic mass is 10.1. The molecule has 0 saturated carbocycles. The highest BCUT2D eigenvalue weighted by Gasteiger charge is 2.24. The minimum absolute atomic E-state index is 0.0481. The second-order valence-electron chi connectivity index (χ2n) is 12.4. The summed E-state index contributed by atoms with van der Waals surface area (Å²) in [6.45, 7) is 0. The predicted octanol–water partition coefficient (Wildman–Crippen LogP) is 12.0. The van der Waals surface area contributed by atoms with Crippen LogP contribution in [0.25, 0.3) is 116 Å². The lowest BCUT2D eigenvalue weighted by Crippen LogP contribution is -2.06. The zero-order valence-electron chi connectivity index (χ0n) is 36.6. The van der Waals surface area contributed by atoms with E-state index in [1.54, 1.807) is 12.1 Å². The van der Waals surface area contributed by atoms with Crippen molar-refractivity contribution in [3.05, 3.63) is 145 Å². The molecule has 0 atom stereocenters. The van der Waals surface area contributed by atoms with Gasteiger partial charge in [-0.3, -0.25) is 4.57 Å². The zero-order chi connectivity index (χ0) is 42.6. The van der Waals surface area contributed by atoms with Crippen molar-refractivity contribution in [2.45, 2.75) is 0 Å². The molecule has 0 bridgehead atoms. The molecule has 5 heterocycles. The van der Waals surface area contributed by atoms with Gasteiger partial charge in [0, 0.05) is 48.7 Å². The number of fused-ring (bicyclic) bond motifs is 13. The first-order chi connectivity index (χ1) is 29.9. The van der Waals surface area contributed by atoms with Gasteiger partial charge in [-0.15, -0.1) is 0 Å². The van der Waals surface area contributed by atoms with Crippen LogP contribution in [0.2, 0.25) is 0 Å². The molecule has 0 aliphatic rings. The Balaban J connectivity index is 1.31. The first-order valence-corrected chi connectivity index (χ1v) is 16.4. The van der Waals surface area contributed by atoms with E-state index in [9.17, 15) is 5.48 Å².